The first-order chi connectivity index (χ1) is 16.4. The minimum absolute atomic E-state index is 0.286. The fraction of sp³-hybridized carbons (Fsp3) is 0.417. The smallest absolute Gasteiger partial charge is 0.214 e. The fourth-order valence-corrected chi connectivity index (χ4v) is 6.89. The summed E-state index contributed by atoms with van der Waals surface area (Å²) >= 11 is 7.95. The van der Waals surface area contributed by atoms with Crippen LogP contribution in [0.3, 0.4) is 0 Å². The van der Waals surface area contributed by atoms with Crippen molar-refractivity contribution in [2.24, 2.45) is 10.9 Å². The van der Waals surface area contributed by atoms with E-state index in [0.29, 0.717) is 43.1 Å². The maximum Gasteiger partial charge on any atom is 0.214 e. The molecule has 1 aromatic heterocycles. The van der Waals surface area contributed by atoms with Gasteiger partial charge in [0.2, 0.25) is 10.0 Å². The molecule has 2 atom stereocenters. The molecule has 1 aromatic carbocycles. The third-order valence-electron chi connectivity index (χ3n) is 6.42. The van der Waals surface area contributed by atoms with Gasteiger partial charge in [-0.1, -0.05) is 29.5 Å². The number of nitrogens with one attached hydrogen (secondary N) is 1. The van der Waals surface area contributed by atoms with Crippen molar-refractivity contribution in [1.82, 2.24) is 14.6 Å². The van der Waals surface area contributed by atoms with Crippen molar-refractivity contribution in [3.8, 4) is 11.8 Å². The predicted molar refractivity (Wildman–Crippen MR) is 131 cm³/mol. The number of fused-ring (bicyclic) bond motifs is 1. The van der Waals surface area contributed by atoms with E-state index in [1.165, 1.54) is 23.5 Å². The molecule has 4 aliphatic rings. The highest BCUT2D eigenvalue weighted by Crippen LogP contribution is 2.42. The maximum absolute atomic E-state index is 13.8. The van der Waals surface area contributed by atoms with E-state index in [1.54, 1.807) is 12.3 Å². The Morgan fingerprint density at radius 3 is 2.74 bits per heavy atom. The highest BCUT2D eigenvalue weighted by molar-refractivity contribution is 7.90. The zero-order chi connectivity index (χ0) is 23.4. The minimum atomic E-state index is -3.35. The number of thiazole rings is 1. The monoisotopic (exact) mass is 516 g/mol. The third-order valence-corrected chi connectivity index (χ3v) is 9.53. The number of hydrogen-bond acceptors (Lipinski definition) is 6. The number of halogens is 2. The van der Waals surface area contributed by atoms with Gasteiger partial charge in [-0.05, 0) is 37.8 Å². The van der Waals surface area contributed by atoms with E-state index in [-0.39, 0.29) is 16.3 Å². The molecule has 6 nitrogen and oxygen atoms in total. The lowest BCUT2D eigenvalue weighted by atomic mass is 9.94. The highest BCUT2D eigenvalue weighted by atomic mass is 35.5. The molecule has 0 bridgehead atoms. The zero-order valence-corrected chi connectivity index (χ0v) is 20.6. The molecule has 2 unspecified atom stereocenters. The van der Waals surface area contributed by atoms with Gasteiger partial charge in [-0.15, -0.1) is 11.3 Å². The van der Waals surface area contributed by atoms with Crippen LogP contribution in [0.4, 0.5) is 4.39 Å². The average Bonchev–Trinajstić information content (AvgIpc) is 3.71. The molecule has 3 fully saturated rings. The number of amidine groups is 1. The Morgan fingerprint density at radius 2 is 2.06 bits per heavy atom. The number of hydrogen-bond donors (Lipinski definition) is 1. The standard InChI is InChI=1S/C24H22ClFN4O2S2/c25-20-11-15(26)4-8-18(20)22-19(7-3-14-1-2-14)21-12-16(29-34(31,32)17-5-6-17)13-30(21)23(28-22)24-27-9-10-33-24/h4,8-11,14,16-17,22,29H,1-2,5-6,12-13H2. The zero-order valence-electron chi connectivity index (χ0n) is 18.2. The van der Waals surface area contributed by atoms with Gasteiger partial charge in [0.05, 0.1) is 10.8 Å². The quantitative estimate of drug-likeness (QED) is 0.602. The van der Waals surface area contributed by atoms with Gasteiger partial charge in [0.1, 0.15) is 11.9 Å². The maximum atomic E-state index is 13.8. The summed E-state index contributed by atoms with van der Waals surface area (Å²) in [7, 11) is -3.35. The molecule has 2 saturated carbocycles. The second-order valence-corrected chi connectivity index (χ2v) is 12.4. The summed E-state index contributed by atoms with van der Waals surface area (Å²) in [6.45, 7) is 0.457. The molecule has 2 aromatic rings. The lowest BCUT2D eigenvalue weighted by Gasteiger charge is -2.31. The molecule has 0 spiro atoms. The van der Waals surface area contributed by atoms with Gasteiger partial charge in [0.25, 0.3) is 0 Å². The number of rotatable bonds is 5. The highest BCUT2D eigenvalue weighted by Gasteiger charge is 2.43. The van der Waals surface area contributed by atoms with E-state index in [4.69, 9.17) is 16.6 Å². The number of nitrogens with zero attached hydrogens (tertiary/aromatic N) is 3. The van der Waals surface area contributed by atoms with Gasteiger partial charge in [0.15, 0.2) is 10.8 Å². The van der Waals surface area contributed by atoms with Crippen LogP contribution in [-0.2, 0) is 10.0 Å². The summed E-state index contributed by atoms with van der Waals surface area (Å²) in [5, 5.41) is 2.62. The number of sulfonamides is 1. The molecule has 0 radical (unpaired) electrons. The molecule has 6 rings (SSSR count). The minimum Gasteiger partial charge on any atom is -0.325 e. The molecular weight excluding hydrogens is 495 g/mol. The number of benzene rings is 1. The van der Waals surface area contributed by atoms with Crippen LogP contribution in [0.15, 0.2) is 46.0 Å². The van der Waals surface area contributed by atoms with Gasteiger partial charge >= 0.3 is 0 Å². The van der Waals surface area contributed by atoms with Crippen molar-refractivity contribution in [1.29, 1.82) is 0 Å². The van der Waals surface area contributed by atoms with Crippen molar-refractivity contribution in [3.05, 3.63) is 62.5 Å². The molecule has 1 saturated heterocycles. The second-order valence-electron chi connectivity index (χ2n) is 9.14. The Morgan fingerprint density at radius 1 is 1.24 bits per heavy atom. The van der Waals surface area contributed by atoms with Gasteiger partial charge in [-0.25, -0.2) is 22.5 Å². The first kappa shape index (κ1) is 22.2. The van der Waals surface area contributed by atoms with Gasteiger partial charge < -0.3 is 4.90 Å². The molecule has 0 amide bonds. The Kier molecular flexibility index (Phi) is 5.52. The van der Waals surface area contributed by atoms with Crippen LogP contribution in [0.2, 0.25) is 5.02 Å². The van der Waals surface area contributed by atoms with E-state index < -0.39 is 21.9 Å². The van der Waals surface area contributed by atoms with E-state index in [9.17, 15) is 12.8 Å². The number of aromatic nitrogens is 1. The van der Waals surface area contributed by atoms with E-state index in [1.807, 2.05) is 10.3 Å². The normalized spacial score (nSPS) is 24.5. The summed E-state index contributed by atoms with van der Waals surface area (Å²) in [6.07, 6.45) is 5.81. The number of aliphatic imine (C=N–C) groups is 1. The molecule has 10 heteroatoms. The lowest BCUT2D eigenvalue weighted by Crippen LogP contribution is -2.40. The summed E-state index contributed by atoms with van der Waals surface area (Å²) in [4.78, 5) is 11.5. The molecule has 176 valence electrons. The van der Waals surface area contributed by atoms with E-state index >= 15 is 0 Å². The van der Waals surface area contributed by atoms with E-state index in [2.05, 4.69) is 21.5 Å². The fourth-order valence-electron chi connectivity index (χ4n) is 4.41. The first-order valence-electron chi connectivity index (χ1n) is 11.3. The second kappa shape index (κ2) is 8.45. The predicted octanol–water partition coefficient (Wildman–Crippen LogP) is 4.26. The molecule has 1 N–H and O–H groups in total. The Bertz CT molecular complexity index is 1370. The van der Waals surface area contributed by atoms with Crippen LogP contribution < -0.4 is 4.72 Å². The summed E-state index contributed by atoms with van der Waals surface area (Å²) < 4.78 is 42.1. The summed E-state index contributed by atoms with van der Waals surface area (Å²) in [5.74, 6) is 7.33. The Hall–Kier alpha value is -2.25. The van der Waals surface area contributed by atoms with Gasteiger partial charge in [0, 0.05) is 52.8 Å². The van der Waals surface area contributed by atoms with Crippen molar-refractivity contribution >= 4 is 38.8 Å². The Labute approximate surface area is 207 Å². The Balaban J connectivity index is 1.46. The van der Waals surface area contributed by atoms with Crippen LogP contribution in [0, 0.1) is 23.6 Å². The van der Waals surface area contributed by atoms with Crippen molar-refractivity contribution < 1.29 is 12.8 Å². The molecular formula is C24H22ClFN4O2S2. The lowest BCUT2D eigenvalue weighted by molar-refractivity contribution is 0.513. The van der Waals surface area contributed by atoms with Crippen molar-refractivity contribution in [2.45, 2.75) is 49.4 Å². The van der Waals surface area contributed by atoms with Crippen molar-refractivity contribution in [2.75, 3.05) is 6.54 Å². The average molecular weight is 517 g/mol. The molecule has 2 aliphatic heterocycles. The first-order valence-corrected chi connectivity index (χ1v) is 14.2. The molecule has 3 heterocycles. The summed E-state index contributed by atoms with van der Waals surface area (Å²) in [5.41, 5.74) is 2.41. The van der Waals surface area contributed by atoms with Crippen LogP contribution in [0.25, 0.3) is 0 Å². The molecule has 2 aliphatic carbocycles. The summed E-state index contributed by atoms with van der Waals surface area (Å²) in [6, 6.07) is 3.53. The van der Waals surface area contributed by atoms with Crippen molar-refractivity contribution in [3.63, 3.8) is 0 Å². The van der Waals surface area contributed by atoms with Gasteiger partial charge in [-0.3, -0.25) is 4.99 Å². The van der Waals surface area contributed by atoms with Gasteiger partial charge in [-0.2, -0.15) is 0 Å². The van der Waals surface area contributed by atoms with Crippen LogP contribution in [0.5, 0.6) is 0 Å². The van der Waals surface area contributed by atoms with Crippen LogP contribution in [-0.4, -0.2) is 42.0 Å². The largest absolute Gasteiger partial charge is 0.325 e. The van der Waals surface area contributed by atoms with Crippen LogP contribution >= 0.6 is 22.9 Å². The topological polar surface area (TPSA) is 74.7 Å². The SMILES string of the molecule is O=S(=O)(NC1CC2=C(C#CC3CC3)C(c3ccc(F)cc3Cl)N=C(c3nccs3)N2C1)C1CC1. The van der Waals surface area contributed by atoms with E-state index in [0.717, 1.165) is 29.1 Å². The third kappa shape index (κ3) is 4.29. The van der Waals surface area contributed by atoms with Crippen LogP contribution in [0.1, 0.15) is 48.7 Å². The molecule has 34 heavy (non-hydrogen) atoms.